The molecule has 8 nitrogen and oxygen atoms in total. The molecule has 0 unspecified atom stereocenters. The van der Waals surface area contributed by atoms with Gasteiger partial charge in [0.2, 0.25) is 0 Å². The largest absolute Gasteiger partial charge is 0.378 e. The van der Waals surface area contributed by atoms with Gasteiger partial charge < -0.3 is 15.0 Å². The molecule has 0 atom stereocenters. The minimum absolute atomic E-state index is 0.176. The number of amides is 1. The van der Waals surface area contributed by atoms with Gasteiger partial charge in [-0.25, -0.2) is 14.6 Å². The minimum atomic E-state index is -0.176. The van der Waals surface area contributed by atoms with Crippen molar-refractivity contribution in [2.24, 2.45) is 0 Å². The first kappa shape index (κ1) is 17.2. The molecule has 1 aliphatic heterocycles. The number of anilines is 1. The van der Waals surface area contributed by atoms with Crippen LogP contribution in [0, 0.1) is 0 Å². The van der Waals surface area contributed by atoms with Crippen molar-refractivity contribution in [3.63, 3.8) is 0 Å². The molecule has 1 fully saturated rings. The molecule has 4 rings (SSSR count). The second kappa shape index (κ2) is 7.96. The Bertz CT molecular complexity index is 906. The van der Waals surface area contributed by atoms with Crippen LogP contribution in [0.25, 0.3) is 5.69 Å². The summed E-state index contributed by atoms with van der Waals surface area (Å²) in [6, 6.07) is 11.0. The van der Waals surface area contributed by atoms with Crippen molar-refractivity contribution in [1.82, 2.24) is 25.1 Å². The van der Waals surface area contributed by atoms with Gasteiger partial charge in [0.1, 0.15) is 11.6 Å². The van der Waals surface area contributed by atoms with E-state index in [0.29, 0.717) is 24.6 Å². The fourth-order valence-electron chi connectivity index (χ4n) is 2.91. The fourth-order valence-corrected chi connectivity index (χ4v) is 2.91. The van der Waals surface area contributed by atoms with E-state index in [2.05, 4.69) is 25.3 Å². The van der Waals surface area contributed by atoms with Gasteiger partial charge in [-0.05, 0) is 30.3 Å². The topological polar surface area (TPSA) is 85.2 Å². The first-order chi connectivity index (χ1) is 13.3. The van der Waals surface area contributed by atoms with Gasteiger partial charge >= 0.3 is 0 Å². The highest BCUT2D eigenvalue weighted by atomic mass is 16.5. The molecule has 1 N–H and O–H groups in total. The Morgan fingerprint density at radius 3 is 2.85 bits per heavy atom. The molecular weight excluding hydrogens is 344 g/mol. The number of hydrogen-bond acceptors (Lipinski definition) is 6. The second-order valence-electron chi connectivity index (χ2n) is 6.11. The van der Waals surface area contributed by atoms with E-state index >= 15 is 0 Å². The van der Waals surface area contributed by atoms with Crippen molar-refractivity contribution >= 4 is 11.7 Å². The quantitative estimate of drug-likeness (QED) is 0.737. The van der Waals surface area contributed by atoms with E-state index in [4.69, 9.17) is 4.74 Å². The van der Waals surface area contributed by atoms with Crippen molar-refractivity contribution < 1.29 is 9.53 Å². The fraction of sp³-hybridized carbons (Fsp3) is 0.263. The number of morpholine rings is 1. The summed E-state index contributed by atoms with van der Waals surface area (Å²) in [4.78, 5) is 23.5. The molecule has 0 saturated carbocycles. The van der Waals surface area contributed by atoms with Gasteiger partial charge in [0, 0.05) is 37.2 Å². The SMILES string of the molecule is O=C(NCc1nccc(N2CCOCC2)n1)c1cccc(-n2cccn2)c1. The zero-order chi connectivity index (χ0) is 18.5. The van der Waals surface area contributed by atoms with E-state index in [0.717, 1.165) is 24.6 Å². The van der Waals surface area contributed by atoms with Crippen LogP contribution in [-0.2, 0) is 11.3 Å². The van der Waals surface area contributed by atoms with E-state index in [1.807, 2.05) is 30.5 Å². The van der Waals surface area contributed by atoms with Crippen molar-refractivity contribution in [1.29, 1.82) is 0 Å². The lowest BCUT2D eigenvalue weighted by Gasteiger charge is -2.27. The van der Waals surface area contributed by atoms with E-state index in [1.54, 1.807) is 29.2 Å². The first-order valence-corrected chi connectivity index (χ1v) is 8.82. The Kier molecular flexibility index (Phi) is 5.06. The second-order valence-corrected chi connectivity index (χ2v) is 6.11. The standard InChI is InChI=1S/C19H20N6O2/c26-19(15-3-1-4-16(13-15)25-8-2-6-22-25)21-14-17-20-7-5-18(23-17)24-9-11-27-12-10-24/h1-8,13H,9-12,14H2,(H,21,26). The van der Waals surface area contributed by atoms with Crippen molar-refractivity contribution in [3.05, 3.63) is 66.4 Å². The lowest BCUT2D eigenvalue weighted by atomic mass is 10.2. The van der Waals surface area contributed by atoms with Crippen LogP contribution >= 0.6 is 0 Å². The monoisotopic (exact) mass is 364 g/mol. The summed E-state index contributed by atoms with van der Waals surface area (Å²) in [6.45, 7) is 3.28. The number of nitrogens with zero attached hydrogens (tertiary/aromatic N) is 5. The van der Waals surface area contributed by atoms with Gasteiger partial charge in [-0.3, -0.25) is 4.79 Å². The maximum atomic E-state index is 12.5. The molecule has 27 heavy (non-hydrogen) atoms. The Balaban J connectivity index is 1.41. The Morgan fingerprint density at radius 2 is 2.04 bits per heavy atom. The molecule has 1 aromatic carbocycles. The molecule has 0 bridgehead atoms. The number of carbonyl (C=O) groups is 1. The molecule has 0 radical (unpaired) electrons. The van der Waals surface area contributed by atoms with Crippen LogP contribution in [0.15, 0.2) is 55.0 Å². The smallest absolute Gasteiger partial charge is 0.251 e. The number of carbonyl (C=O) groups excluding carboxylic acids is 1. The summed E-state index contributed by atoms with van der Waals surface area (Å²) in [5.74, 6) is 1.26. The number of aromatic nitrogens is 4. The predicted molar refractivity (Wildman–Crippen MR) is 99.8 cm³/mol. The van der Waals surface area contributed by atoms with Crippen LogP contribution in [0.5, 0.6) is 0 Å². The highest BCUT2D eigenvalue weighted by molar-refractivity contribution is 5.94. The van der Waals surface area contributed by atoms with Gasteiger partial charge in [0.25, 0.3) is 5.91 Å². The minimum Gasteiger partial charge on any atom is -0.378 e. The number of rotatable bonds is 5. The van der Waals surface area contributed by atoms with E-state index < -0.39 is 0 Å². The van der Waals surface area contributed by atoms with Gasteiger partial charge in [-0.1, -0.05) is 6.07 Å². The number of hydrogen-bond donors (Lipinski definition) is 1. The average molecular weight is 364 g/mol. The highest BCUT2D eigenvalue weighted by Crippen LogP contribution is 2.12. The molecule has 0 aliphatic carbocycles. The third-order valence-electron chi connectivity index (χ3n) is 4.31. The molecule has 1 saturated heterocycles. The van der Waals surface area contributed by atoms with Crippen molar-refractivity contribution in [2.45, 2.75) is 6.54 Å². The molecule has 1 amide bonds. The predicted octanol–water partition coefficient (Wildman–Crippen LogP) is 1.43. The third-order valence-corrected chi connectivity index (χ3v) is 4.31. The number of ether oxygens (including phenoxy) is 1. The Hall–Kier alpha value is -3.26. The molecule has 3 aromatic rings. The summed E-state index contributed by atoms with van der Waals surface area (Å²) in [6.07, 6.45) is 5.26. The lowest BCUT2D eigenvalue weighted by molar-refractivity contribution is 0.0950. The first-order valence-electron chi connectivity index (χ1n) is 8.82. The van der Waals surface area contributed by atoms with Crippen molar-refractivity contribution in [2.75, 3.05) is 31.2 Å². The maximum absolute atomic E-state index is 12.5. The number of nitrogens with one attached hydrogen (secondary N) is 1. The van der Waals surface area contributed by atoms with Crippen LogP contribution in [0.4, 0.5) is 5.82 Å². The molecule has 0 spiro atoms. The van der Waals surface area contributed by atoms with Crippen LogP contribution in [0.1, 0.15) is 16.2 Å². The van der Waals surface area contributed by atoms with Crippen LogP contribution in [0.2, 0.25) is 0 Å². The third kappa shape index (κ3) is 4.12. The summed E-state index contributed by atoms with van der Waals surface area (Å²) >= 11 is 0. The average Bonchev–Trinajstić information content (AvgIpc) is 3.28. The van der Waals surface area contributed by atoms with Gasteiger partial charge in [0.05, 0.1) is 25.4 Å². The van der Waals surface area contributed by atoms with Crippen LogP contribution in [0.3, 0.4) is 0 Å². The summed E-state index contributed by atoms with van der Waals surface area (Å²) < 4.78 is 7.08. The summed E-state index contributed by atoms with van der Waals surface area (Å²) in [5.41, 5.74) is 1.39. The zero-order valence-electron chi connectivity index (χ0n) is 14.8. The molecule has 138 valence electrons. The van der Waals surface area contributed by atoms with Crippen molar-refractivity contribution in [3.8, 4) is 5.69 Å². The maximum Gasteiger partial charge on any atom is 0.251 e. The van der Waals surface area contributed by atoms with E-state index in [9.17, 15) is 4.79 Å². The molecule has 3 heterocycles. The normalized spacial score (nSPS) is 14.1. The van der Waals surface area contributed by atoms with Gasteiger partial charge in [-0.15, -0.1) is 0 Å². The van der Waals surface area contributed by atoms with Gasteiger partial charge in [-0.2, -0.15) is 5.10 Å². The number of benzene rings is 1. The highest BCUT2D eigenvalue weighted by Gasteiger charge is 2.13. The lowest BCUT2D eigenvalue weighted by Crippen LogP contribution is -2.37. The van der Waals surface area contributed by atoms with E-state index in [1.165, 1.54) is 0 Å². The van der Waals surface area contributed by atoms with E-state index in [-0.39, 0.29) is 12.5 Å². The Labute approximate surface area is 156 Å². The summed E-state index contributed by atoms with van der Waals surface area (Å²) in [5, 5.41) is 7.07. The molecular formula is C19H20N6O2. The zero-order valence-corrected chi connectivity index (χ0v) is 14.8. The molecule has 8 heteroatoms. The molecule has 1 aliphatic rings. The Morgan fingerprint density at radius 1 is 1.15 bits per heavy atom. The van der Waals surface area contributed by atoms with Gasteiger partial charge in [0.15, 0.2) is 0 Å². The molecule has 2 aromatic heterocycles. The summed E-state index contributed by atoms with van der Waals surface area (Å²) in [7, 11) is 0. The van der Waals surface area contributed by atoms with Crippen LogP contribution < -0.4 is 10.2 Å². The van der Waals surface area contributed by atoms with Crippen LogP contribution in [-0.4, -0.2) is 52.0 Å².